The fourth-order valence-electron chi connectivity index (χ4n) is 4.61. The summed E-state index contributed by atoms with van der Waals surface area (Å²) < 4.78 is 1.44. The fourth-order valence-corrected chi connectivity index (χ4v) is 4.61. The van der Waals surface area contributed by atoms with Crippen LogP contribution in [-0.4, -0.2) is 25.5 Å². The Hall–Kier alpha value is -4.30. The molecule has 4 aromatic rings. The summed E-state index contributed by atoms with van der Waals surface area (Å²) in [5, 5.41) is 13.5. The molecule has 37 heavy (non-hydrogen) atoms. The lowest BCUT2D eigenvalue weighted by molar-refractivity contribution is 0.0996. The van der Waals surface area contributed by atoms with Crippen molar-refractivity contribution in [3.05, 3.63) is 99.7 Å². The van der Waals surface area contributed by atoms with Crippen molar-refractivity contribution in [3.63, 3.8) is 0 Å². The third-order valence-corrected chi connectivity index (χ3v) is 6.65. The van der Waals surface area contributed by atoms with Crippen molar-refractivity contribution in [2.24, 2.45) is 7.05 Å². The molecule has 0 saturated carbocycles. The smallest absolute Gasteiger partial charge is 0.293 e. The van der Waals surface area contributed by atoms with Crippen LogP contribution in [0.15, 0.2) is 71.9 Å². The standard InChI is InChI=1S/C29H29N5O3/c1-29(2,3)19-10-11-21-18(13-19)15-34(27(21)36)25-9-5-8-22(23(25)17-35)24-16-33(4)28(37)26(32-24)31-20-7-6-12-30-14-20/h5-14,16,35H,15,17H2,1-4H3,(H,31,32). The number of nitrogens with one attached hydrogen (secondary N) is 1. The van der Waals surface area contributed by atoms with Crippen molar-refractivity contribution >= 4 is 23.1 Å². The SMILES string of the molecule is Cn1cc(-c2cccc(N3Cc4cc(C(C)(C)C)ccc4C3=O)c2CO)nc(Nc2cccnc2)c1=O. The first-order valence-electron chi connectivity index (χ1n) is 12.1. The maximum Gasteiger partial charge on any atom is 0.293 e. The minimum atomic E-state index is -0.297. The Labute approximate surface area is 215 Å². The number of hydrogen-bond acceptors (Lipinski definition) is 6. The van der Waals surface area contributed by atoms with Gasteiger partial charge >= 0.3 is 0 Å². The molecule has 1 aliphatic heterocycles. The highest BCUT2D eigenvalue weighted by atomic mass is 16.3. The van der Waals surface area contributed by atoms with Crippen LogP contribution in [0, 0.1) is 0 Å². The predicted octanol–water partition coefficient (Wildman–Crippen LogP) is 4.54. The van der Waals surface area contributed by atoms with Gasteiger partial charge in [0.2, 0.25) is 0 Å². The number of benzene rings is 2. The molecule has 0 aliphatic carbocycles. The van der Waals surface area contributed by atoms with Crippen molar-refractivity contribution in [3.8, 4) is 11.3 Å². The number of fused-ring (bicyclic) bond motifs is 1. The van der Waals surface area contributed by atoms with Crippen molar-refractivity contribution in [2.45, 2.75) is 39.3 Å². The minimum Gasteiger partial charge on any atom is -0.392 e. The van der Waals surface area contributed by atoms with E-state index in [-0.39, 0.29) is 29.3 Å². The molecule has 3 heterocycles. The molecule has 0 unspecified atom stereocenters. The van der Waals surface area contributed by atoms with Crippen molar-refractivity contribution in [1.29, 1.82) is 0 Å². The lowest BCUT2D eigenvalue weighted by atomic mass is 9.85. The van der Waals surface area contributed by atoms with Gasteiger partial charge in [-0.25, -0.2) is 4.98 Å². The summed E-state index contributed by atoms with van der Waals surface area (Å²) in [7, 11) is 1.65. The highest BCUT2D eigenvalue weighted by Crippen LogP contribution is 2.37. The summed E-state index contributed by atoms with van der Waals surface area (Å²) in [5.41, 5.74) is 5.44. The first-order chi connectivity index (χ1) is 17.7. The van der Waals surface area contributed by atoms with E-state index in [1.54, 1.807) is 42.7 Å². The van der Waals surface area contributed by atoms with Gasteiger partial charge in [-0.05, 0) is 40.8 Å². The number of carbonyl (C=O) groups excluding carboxylic acids is 1. The van der Waals surface area contributed by atoms with Crippen molar-refractivity contribution in [1.82, 2.24) is 14.5 Å². The van der Waals surface area contributed by atoms with E-state index < -0.39 is 0 Å². The second-order valence-electron chi connectivity index (χ2n) is 10.2. The Kier molecular flexibility index (Phi) is 6.13. The Morgan fingerprint density at radius 3 is 2.57 bits per heavy atom. The van der Waals surface area contributed by atoms with Crippen molar-refractivity contribution in [2.75, 3.05) is 10.2 Å². The summed E-state index contributed by atoms with van der Waals surface area (Å²) in [6, 6.07) is 15.1. The summed E-state index contributed by atoms with van der Waals surface area (Å²) >= 11 is 0. The van der Waals surface area contributed by atoms with Crippen LogP contribution < -0.4 is 15.8 Å². The van der Waals surface area contributed by atoms with E-state index in [9.17, 15) is 14.7 Å². The van der Waals surface area contributed by atoms with Gasteiger partial charge in [0.1, 0.15) is 0 Å². The third-order valence-electron chi connectivity index (χ3n) is 6.65. The Morgan fingerprint density at radius 2 is 1.86 bits per heavy atom. The molecule has 0 fully saturated rings. The molecule has 2 N–H and O–H groups in total. The highest BCUT2D eigenvalue weighted by Gasteiger charge is 2.31. The van der Waals surface area contributed by atoms with Crippen LogP contribution in [0.2, 0.25) is 0 Å². The molecule has 188 valence electrons. The third kappa shape index (κ3) is 4.51. The molecule has 0 spiro atoms. The van der Waals surface area contributed by atoms with Crippen LogP contribution >= 0.6 is 0 Å². The maximum atomic E-state index is 13.4. The predicted molar refractivity (Wildman–Crippen MR) is 144 cm³/mol. The zero-order valence-electron chi connectivity index (χ0n) is 21.3. The van der Waals surface area contributed by atoms with E-state index in [0.29, 0.717) is 40.3 Å². The molecule has 0 bridgehead atoms. The van der Waals surface area contributed by atoms with Gasteiger partial charge in [-0.2, -0.15) is 0 Å². The Bertz CT molecular complexity index is 1550. The van der Waals surface area contributed by atoms with Gasteiger partial charge < -0.3 is 19.9 Å². The van der Waals surface area contributed by atoms with E-state index >= 15 is 0 Å². The monoisotopic (exact) mass is 495 g/mol. The molecule has 2 aromatic carbocycles. The van der Waals surface area contributed by atoms with Gasteiger partial charge in [0.15, 0.2) is 5.82 Å². The quantitative estimate of drug-likeness (QED) is 0.422. The Balaban J connectivity index is 1.56. The molecule has 0 saturated heterocycles. The van der Waals surface area contributed by atoms with Crippen LogP contribution in [-0.2, 0) is 25.6 Å². The van der Waals surface area contributed by atoms with Gasteiger partial charge in [-0.15, -0.1) is 0 Å². The van der Waals surface area contributed by atoms with Crippen LogP contribution in [0.3, 0.4) is 0 Å². The van der Waals surface area contributed by atoms with Gasteiger partial charge in [0, 0.05) is 36.1 Å². The van der Waals surface area contributed by atoms with Gasteiger partial charge in [-0.3, -0.25) is 14.6 Å². The summed E-state index contributed by atoms with van der Waals surface area (Å²) in [4.78, 5) is 36.5. The molecular weight excluding hydrogens is 466 g/mol. The van der Waals surface area contributed by atoms with E-state index in [2.05, 4.69) is 42.1 Å². The lowest BCUT2D eigenvalue weighted by Gasteiger charge is -2.21. The number of aryl methyl sites for hydroxylation is 1. The first-order valence-corrected chi connectivity index (χ1v) is 12.1. The molecule has 8 nitrogen and oxygen atoms in total. The van der Waals surface area contributed by atoms with Crippen LogP contribution in [0.1, 0.15) is 47.8 Å². The van der Waals surface area contributed by atoms with E-state index in [1.807, 2.05) is 30.3 Å². The molecule has 8 heteroatoms. The van der Waals surface area contributed by atoms with E-state index in [4.69, 9.17) is 0 Å². The number of pyridine rings is 1. The van der Waals surface area contributed by atoms with Gasteiger partial charge in [0.25, 0.3) is 11.5 Å². The van der Waals surface area contributed by atoms with Gasteiger partial charge in [-0.1, -0.05) is 45.0 Å². The number of anilines is 3. The van der Waals surface area contributed by atoms with Gasteiger partial charge in [0.05, 0.1) is 36.4 Å². The number of rotatable bonds is 5. The fraction of sp³-hybridized carbons (Fsp3) is 0.241. The normalized spacial score (nSPS) is 13.1. The number of aromatic nitrogens is 3. The second kappa shape index (κ2) is 9.29. The number of nitrogens with zero attached hydrogens (tertiary/aromatic N) is 4. The molecule has 1 aliphatic rings. The molecule has 0 atom stereocenters. The second-order valence-corrected chi connectivity index (χ2v) is 10.2. The maximum absolute atomic E-state index is 13.4. The molecular formula is C29H29N5O3. The van der Waals surface area contributed by atoms with Crippen LogP contribution in [0.5, 0.6) is 0 Å². The Morgan fingerprint density at radius 1 is 1.05 bits per heavy atom. The molecule has 2 aromatic heterocycles. The average molecular weight is 496 g/mol. The lowest BCUT2D eigenvalue weighted by Crippen LogP contribution is -2.25. The molecule has 1 amide bonds. The molecule has 0 radical (unpaired) electrons. The largest absolute Gasteiger partial charge is 0.392 e. The van der Waals surface area contributed by atoms with Crippen LogP contribution in [0.4, 0.5) is 17.2 Å². The number of carbonyl (C=O) groups is 1. The molecule has 5 rings (SSSR count). The average Bonchev–Trinajstić information content (AvgIpc) is 3.21. The number of aliphatic hydroxyl groups is 1. The van der Waals surface area contributed by atoms with Crippen molar-refractivity contribution < 1.29 is 9.90 Å². The topological polar surface area (TPSA) is 100 Å². The van der Waals surface area contributed by atoms with E-state index in [0.717, 1.165) is 5.56 Å². The first kappa shape index (κ1) is 24.4. The minimum absolute atomic E-state index is 0.0296. The van der Waals surface area contributed by atoms with E-state index in [1.165, 1.54) is 10.1 Å². The summed E-state index contributed by atoms with van der Waals surface area (Å²) in [6.07, 6.45) is 4.88. The summed E-state index contributed by atoms with van der Waals surface area (Å²) in [5.74, 6) is 0.0383. The zero-order chi connectivity index (χ0) is 26.3. The number of aliphatic hydroxyl groups excluding tert-OH is 1. The number of amides is 1. The highest BCUT2D eigenvalue weighted by molar-refractivity contribution is 6.10. The summed E-state index contributed by atoms with van der Waals surface area (Å²) in [6.45, 7) is 6.56. The number of hydrogen-bond donors (Lipinski definition) is 2. The zero-order valence-corrected chi connectivity index (χ0v) is 21.3. The van der Waals surface area contributed by atoms with Crippen LogP contribution in [0.25, 0.3) is 11.3 Å².